The molecule has 8 aromatic heterocycles. The fourth-order valence-electron chi connectivity index (χ4n) is 10.8. The van der Waals surface area contributed by atoms with Crippen LogP contribution in [-0.4, -0.2) is 145 Å². The Kier molecular flexibility index (Phi) is 15.4. The van der Waals surface area contributed by atoms with Gasteiger partial charge in [-0.25, -0.2) is 19.6 Å². The fourth-order valence-corrected chi connectivity index (χ4v) is 10.8. The number of hydrogen-bond donors (Lipinski definition) is 4. The Morgan fingerprint density at radius 1 is 0.654 bits per heavy atom. The molecule has 4 N–H and O–H groups in total. The molecular weight excluding hydrogens is 1010 g/mol. The van der Waals surface area contributed by atoms with Gasteiger partial charge in [-0.3, -0.25) is 9.97 Å². The van der Waals surface area contributed by atoms with Crippen molar-refractivity contribution in [3.8, 4) is 0 Å². The number of nitrogens with zero attached hydrogens (tertiary/aromatic N) is 15. The first-order chi connectivity index (χ1) is 37.5. The van der Waals surface area contributed by atoms with Gasteiger partial charge in [0, 0.05) is 110 Å². The van der Waals surface area contributed by atoms with Crippen LogP contribution in [0.2, 0.25) is 0 Å². The molecule has 10 heterocycles. The van der Waals surface area contributed by atoms with Crippen LogP contribution in [0, 0.1) is 0 Å². The molecule has 2 saturated carbocycles. The van der Waals surface area contributed by atoms with Crippen LogP contribution in [0.3, 0.4) is 0 Å². The predicted molar refractivity (Wildman–Crippen MR) is 289 cm³/mol. The number of amides is 1. The maximum Gasteiger partial charge on any atom is 0.490 e. The number of piperazine rings is 2. The average molecular weight is 1070 g/mol. The van der Waals surface area contributed by atoms with E-state index in [1.165, 1.54) is 38.5 Å². The normalized spacial score (nSPS) is 18.5. The second kappa shape index (κ2) is 22.5. The molecule has 22 nitrogen and oxygen atoms in total. The van der Waals surface area contributed by atoms with Crippen LogP contribution in [0.5, 0.6) is 0 Å². The Morgan fingerprint density at radius 3 is 1.56 bits per heavy atom. The number of anilines is 6. The highest BCUT2D eigenvalue weighted by molar-refractivity contribution is 6.07. The minimum atomic E-state index is -5.08. The minimum absolute atomic E-state index is 0.00449. The van der Waals surface area contributed by atoms with E-state index in [9.17, 15) is 18.0 Å². The van der Waals surface area contributed by atoms with Gasteiger partial charge in [-0.05, 0) is 96.7 Å². The van der Waals surface area contributed by atoms with Gasteiger partial charge in [-0.1, -0.05) is 25.7 Å². The first-order valence-electron chi connectivity index (χ1n) is 26.4. The number of pyridine rings is 2. The smallest absolute Gasteiger partial charge is 0.475 e. The third-order valence-corrected chi connectivity index (χ3v) is 14.4. The van der Waals surface area contributed by atoms with Crippen molar-refractivity contribution in [2.24, 2.45) is 0 Å². The molecule has 25 heteroatoms. The molecule has 2 aliphatic carbocycles. The maximum atomic E-state index is 12.5. The molecule has 0 radical (unpaired) electrons. The first-order valence-corrected chi connectivity index (χ1v) is 26.4. The quantitative estimate of drug-likeness (QED) is 0.111. The van der Waals surface area contributed by atoms with E-state index in [1.807, 2.05) is 95.2 Å². The van der Waals surface area contributed by atoms with Crippen molar-refractivity contribution in [2.45, 2.75) is 122 Å². The summed E-state index contributed by atoms with van der Waals surface area (Å²) in [5.74, 6) is 1.14. The molecule has 410 valence electrons. The molecule has 2 atom stereocenters. The highest BCUT2D eigenvalue weighted by Crippen LogP contribution is 2.39. The van der Waals surface area contributed by atoms with Crippen LogP contribution in [-0.2, 0) is 9.53 Å². The van der Waals surface area contributed by atoms with E-state index in [-0.39, 0.29) is 12.1 Å². The number of fused-ring (bicyclic) bond motifs is 6. The largest absolute Gasteiger partial charge is 0.490 e. The monoisotopic (exact) mass is 1070 g/mol. The predicted octanol–water partition coefficient (Wildman–Crippen LogP) is 9.13. The molecule has 8 aromatic rings. The summed E-state index contributed by atoms with van der Waals surface area (Å²) in [6.45, 7) is 14.6. The zero-order chi connectivity index (χ0) is 54.7. The summed E-state index contributed by atoms with van der Waals surface area (Å²) < 4.78 is 42.0. The van der Waals surface area contributed by atoms with E-state index >= 15 is 0 Å². The SMILES string of the molecule is C[C@@H]1CN(c2ccc(Nc3ncc4c5ccncc5n(C5CCCC5)c4n3)nn2)CCN1.C[C@@H]1CN(c2ccc(Nc3ncc4c5ccncc5n(C5CCCC5)c4n3)nn2)CCN1C(=O)OC(C)(C)C.O=C(O)C(F)(F)F. The van der Waals surface area contributed by atoms with E-state index in [4.69, 9.17) is 24.6 Å². The number of aliphatic carboxylic acids is 1. The summed E-state index contributed by atoms with van der Waals surface area (Å²) in [7, 11) is 0. The highest BCUT2D eigenvalue weighted by Gasteiger charge is 2.38. The number of halogens is 3. The van der Waals surface area contributed by atoms with Gasteiger partial charge in [-0.2, -0.15) is 23.1 Å². The number of carbonyl (C=O) groups is 2. The zero-order valence-corrected chi connectivity index (χ0v) is 44.2. The lowest BCUT2D eigenvalue weighted by molar-refractivity contribution is -0.192. The first kappa shape index (κ1) is 53.3. The van der Waals surface area contributed by atoms with Crippen LogP contribution in [0.1, 0.15) is 98.1 Å². The van der Waals surface area contributed by atoms with Gasteiger partial charge in [0.15, 0.2) is 23.3 Å². The van der Waals surface area contributed by atoms with Crippen molar-refractivity contribution in [3.63, 3.8) is 0 Å². The van der Waals surface area contributed by atoms with E-state index in [2.05, 4.69) is 88.2 Å². The number of hydrogen-bond acceptors (Lipinski definition) is 18. The van der Waals surface area contributed by atoms with Crippen LogP contribution in [0.4, 0.5) is 53.1 Å². The number of rotatable bonds is 8. The van der Waals surface area contributed by atoms with Crippen molar-refractivity contribution >= 4 is 91.1 Å². The Balaban J connectivity index is 0.000000160. The van der Waals surface area contributed by atoms with Crippen LogP contribution >= 0.6 is 0 Å². The van der Waals surface area contributed by atoms with Crippen molar-refractivity contribution in [2.75, 3.05) is 59.7 Å². The maximum absolute atomic E-state index is 12.5. The summed E-state index contributed by atoms with van der Waals surface area (Å²) in [6, 6.07) is 13.2. The van der Waals surface area contributed by atoms with E-state index in [0.717, 1.165) is 88.0 Å². The summed E-state index contributed by atoms with van der Waals surface area (Å²) >= 11 is 0. The van der Waals surface area contributed by atoms with E-state index in [0.29, 0.717) is 61.3 Å². The number of ether oxygens (including phenoxy) is 1. The van der Waals surface area contributed by atoms with Crippen molar-refractivity contribution in [1.29, 1.82) is 0 Å². The minimum Gasteiger partial charge on any atom is -0.475 e. The molecule has 0 aromatic carbocycles. The van der Waals surface area contributed by atoms with Crippen LogP contribution in [0.15, 0.2) is 73.6 Å². The molecule has 78 heavy (non-hydrogen) atoms. The van der Waals surface area contributed by atoms with E-state index in [1.54, 1.807) is 4.90 Å². The van der Waals surface area contributed by atoms with Gasteiger partial charge in [0.25, 0.3) is 0 Å². The number of carboxylic acids is 1. The van der Waals surface area contributed by atoms with Gasteiger partial charge >= 0.3 is 18.2 Å². The number of nitrogens with one attached hydrogen (secondary N) is 3. The Morgan fingerprint density at radius 2 is 1.14 bits per heavy atom. The Bertz CT molecular complexity index is 3390. The standard InChI is InChI=1S/C28H35N9O2.C23H27N9.C2HF3O2/c1-18-17-35(13-14-36(18)27(38)39-28(2,3)4)24-10-9-23(33-34-24)31-26-30-15-21-20-11-12-29-16-22(20)37(25(21)32-26)19-7-5-6-8-19;1-15-14-31(11-10-25-15)21-7-6-20(29-30-21)27-23-26-12-18-17-8-9-24-13-19(17)32(22(18)28-23)16-4-2-3-5-16;3-2(4,5)1(6)7/h9-12,15-16,18-19H,5-8,13-14,17H2,1-4H3,(H,30,31,32,33);6-9,12-13,15-16,25H,2-5,10-11,14H2,1H3,(H,26,27,28,29);(H,6,7)/t18-;15-;/m11./s1. The molecule has 2 aliphatic heterocycles. The second-order valence-corrected chi connectivity index (χ2v) is 21.1. The summed E-state index contributed by atoms with van der Waals surface area (Å²) in [4.78, 5) is 55.3. The number of carbonyl (C=O) groups excluding carboxylic acids is 1. The molecule has 1 amide bonds. The molecule has 4 aliphatic rings. The molecule has 0 bridgehead atoms. The Labute approximate surface area is 447 Å². The highest BCUT2D eigenvalue weighted by atomic mass is 19.4. The van der Waals surface area contributed by atoms with E-state index < -0.39 is 17.7 Å². The van der Waals surface area contributed by atoms with Crippen molar-refractivity contribution in [1.82, 2.24) is 69.6 Å². The summed E-state index contributed by atoms with van der Waals surface area (Å²) in [6.07, 6.45) is 15.6. The average Bonchev–Trinajstić information content (AvgIpc) is 4.45. The van der Waals surface area contributed by atoms with Crippen LogP contribution in [0.25, 0.3) is 43.9 Å². The lowest BCUT2D eigenvalue weighted by Gasteiger charge is -2.40. The van der Waals surface area contributed by atoms with Gasteiger partial charge in [0.05, 0.1) is 23.4 Å². The van der Waals surface area contributed by atoms with Crippen molar-refractivity contribution < 1.29 is 32.6 Å². The fraction of sp³-hybridized carbons (Fsp3) is 0.472. The second-order valence-electron chi connectivity index (χ2n) is 21.1. The molecule has 2 saturated heterocycles. The Hall–Kier alpha value is -8.09. The molecule has 4 fully saturated rings. The van der Waals surface area contributed by atoms with Gasteiger partial charge in [-0.15, -0.1) is 20.4 Å². The molecular formula is C53H63F3N18O4. The molecule has 0 unspecified atom stereocenters. The lowest BCUT2D eigenvalue weighted by atomic mass is 10.2. The number of alkyl halides is 3. The van der Waals surface area contributed by atoms with Gasteiger partial charge in [0.2, 0.25) is 11.9 Å². The third kappa shape index (κ3) is 11.9. The van der Waals surface area contributed by atoms with Crippen molar-refractivity contribution in [3.05, 3.63) is 73.6 Å². The number of aromatic nitrogens is 12. The summed E-state index contributed by atoms with van der Waals surface area (Å²) in [5.41, 5.74) is 3.60. The molecule has 12 rings (SSSR count). The third-order valence-electron chi connectivity index (χ3n) is 14.4. The number of carboxylic acid groups (broad SMARTS) is 1. The van der Waals surface area contributed by atoms with Gasteiger partial charge in [0.1, 0.15) is 16.9 Å². The van der Waals surface area contributed by atoms with Gasteiger partial charge < -0.3 is 49.6 Å². The topological polar surface area (TPSA) is 248 Å². The molecule has 0 spiro atoms. The summed E-state index contributed by atoms with van der Waals surface area (Å²) in [5, 5.41) is 39.1. The lowest BCUT2D eigenvalue weighted by Crippen LogP contribution is -2.55. The zero-order valence-electron chi connectivity index (χ0n) is 44.2. The van der Waals surface area contributed by atoms with Crippen LogP contribution < -0.4 is 25.8 Å².